The number of ether oxygens (including phenoxy) is 2. The van der Waals surface area contributed by atoms with Crippen LogP contribution in [0.2, 0.25) is 0 Å². The number of nitrogens with one attached hydrogen (secondary N) is 1. The van der Waals surface area contributed by atoms with Crippen LogP contribution >= 0.6 is 0 Å². The summed E-state index contributed by atoms with van der Waals surface area (Å²) >= 11 is 0. The molecule has 9 heteroatoms. The molecular weight excluding hydrogens is 496 g/mol. The summed E-state index contributed by atoms with van der Waals surface area (Å²) in [7, 11) is 1.84. The smallest absolute Gasteiger partial charge is 0.410 e. The maximum atomic E-state index is 13.2. The summed E-state index contributed by atoms with van der Waals surface area (Å²) in [5.74, 6) is -0.194. The second kappa shape index (κ2) is 11.3. The fourth-order valence-corrected chi connectivity index (χ4v) is 4.67. The van der Waals surface area contributed by atoms with E-state index < -0.39 is 23.7 Å². The van der Waals surface area contributed by atoms with Crippen LogP contribution in [0.25, 0.3) is 22.4 Å². The number of anilines is 1. The van der Waals surface area contributed by atoms with Gasteiger partial charge in [-0.15, -0.1) is 0 Å². The zero-order valence-electron chi connectivity index (χ0n) is 23.4. The van der Waals surface area contributed by atoms with Crippen molar-refractivity contribution >= 4 is 23.7 Å². The standard InChI is InChI=1S/C30H36N4O5/c1-19-10-15-26(38-20(2)35)23(17-19)27-24(18-33(6)32-27)21-11-13-22(14-12-21)31-28(36)25-9-7-8-16-34(25)29(37)39-30(3,4)5/h10-15,17-18,25H,7-9,16H2,1-6H3,(H,31,36). The van der Waals surface area contributed by atoms with Gasteiger partial charge < -0.3 is 14.8 Å². The highest BCUT2D eigenvalue weighted by Crippen LogP contribution is 2.37. The predicted molar refractivity (Wildman–Crippen MR) is 149 cm³/mol. The van der Waals surface area contributed by atoms with E-state index in [4.69, 9.17) is 9.47 Å². The Morgan fingerprint density at radius 3 is 2.41 bits per heavy atom. The van der Waals surface area contributed by atoms with Gasteiger partial charge in [-0.25, -0.2) is 4.79 Å². The summed E-state index contributed by atoms with van der Waals surface area (Å²) in [6.45, 7) is 9.28. The molecule has 2 heterocycles. The molecule has 1 saturated heterocycles. The third kappa shape index (κ3) is 6.85. The highest BCUT2D eigenvalue weighted by Gasteiger charge is 2.34. The van der Waals surface area contributed by atoms with Crippen LogP contribution in [0.1, 0.15) is 52.5 Å². The van der Waals surface area contributed by atoms with E-state index in [0.29, 0.717) is 30.1 Å². The third-order valence-corrected chi connectivity index (χ3v) is 6.37. The highest BCUT2D eigenvalue weighted by atomic mass is 16.6. The minimum absolute atomic E-state index is 0.235. The van der Waals surface area contributed by atoms with Crippen molar-refractivity contribution in [1.29, 1.82) is 0 Å². The van der Waals surface area contributed by atoms with Gasteiger partial charge in [0, 0.05) is 43.5 Å². The lowest BCUT2D eigenvalue weighted by Gasteiger charge is -2.35. The molecule has 1 N–H and O–H groups in total. The molecule has 39 heavy (non-hydrogen) atoms. The number of esters is 1. The summed E-state index contributed by atoms with van der Waals surface area (Å²) < 4.78 is 12.7. The fraction of sp³-hybridized carbons (Fsp3) is 0.400. The van der Waals surface area contributed by atoms with E-state index in [-0.39, 0.29) is 5.91 Å². The number of carbonyl (C=O) groups excluding carboxylic acids is 3. The highest BCUT2D eigenvalue weighted by molar-refractivity contribution is 5.97. The number of aromatic nitrogens is 2. The molecule has 2 amide bonds. The Hall–Kier alpha value is -4.14. The second-order valence-electron chi connectivity index (χ2n) is 10.9. The zero-order valence-corrected chi connectivity index (χ0v) is 23.4. The lowest BCUT2D eigenvalue weighted by molar-refractivity contribution is -0.131. The van der Waals surface area contributed by atoms with Crippen molar-refractivity contribution in [3.63, 3.8) is 0 Å². The van der Waals surface area contributed by atoms with Crippen LogP contribution in [0.15, 0.2) is 48.7 Å². The molecule has 9 nitrogen and oxygen atoms in total. The summed E-state index contributed by atoms with van der Waals surface area (Å²) in [4.78, 5) is 39.1. The number of likely N-dealkylation sites (tertiary alicyclic amines) is 1. The molecule has 0 saturated carbocycles. The number of piperidine rings is 1. The Kier molecular flexibility index (Phi) is 8.09. The minimum atomic E-state index is -0.631. The van der Waals surface area contributed by atoms with Crippen molar-refractivity contribution in [1.82, 2.24) is 14.7 Å². The average molecular weight is 533 g/mol. The van der Waals surface area contributed by atoms with Crippen molar-refractivity contribution in [2.24, 2.45) is 7.05 Å². The molecule has 0 aliphatic carbocycles. The SMILES string of the molecule is CC(=O)Oc1ccc(C)cc1-c1nn(C)cc1-c1ccc(NC(=O)C2CCCCN2C(=O)OC(C)(C)C)cc1. The van der Waals surface area contributed by atoms with E-state index in [1.165, 1.54) is 11.8 Å². The van der Waals surface area contributed by atoms with Crippen molar-refractivity contribution < 1.29 is 23.9 Å². The molecule has 1 aliphatic heterocycles. The van der Waals surface area contributed by atoms with Crippen LogP contribution in [0, 0.1) is 6.92 Å². The molecule has 0 radical (unpaired) electrons. The second-order valence-corrected chi connectivity index (χ2v) is 10.9. The lowest BCUT2D eigenvalue weighted by atomic mass is 9.99. The molecular formula is C30H36N4O5. The van der Waals surface area contributed by atoms with Crippen LogP contribution in [-0.2, 0) is 21.4 Å². The van der Waals surface area contributed by atoms with Gasteiger partial charge in [-0.05, 0) is 76.8 Å². The first-order valence-electron chi connectivity index (χ1n) is 13.2. The van der Waals surface area contributed by atoms with Crippen LogP contribution in [0.4, 0.5) is 10.5 Å². The van der Waals surface area contributed by atoms with Gasteiger partial charge in [0.15, 0.2) is 0 Å². The van der Waals surface area contributed by atoms with Gasteiger partial charge in [0.25, 0.3) is 0 Å². The number of amides is 2. The number of rotatable bonds is 5. The largest absolute Gasteiger partial charge is 0.444 e. The molecule has 1 unspecified atom stereocenters. The third-order valence-electron chi connectivity index (χ3n) is 6.37. The monoisotopic (exact) mass is 532 g/mol. The van der Waals surface area contributed by atoms with Crippen molar-refractivity contribution in [2.45, 2.75) is 65.5 Å². The fourth-order valence-electron chi connectivity index (χ4n) is 4.67. The van der Waals surface area contributed by atoms with E-state index in [9.17, 15) is 14.4 Å². The van der Waals surface area contributed by atoms with Crippen LogP contribution < -0.4 is 10.1 Å². The minimum Gasteiger partial charge on any atom is -0.444 e. The van der Waals surface area contributed by atoms with Gasteiger partial charge in [-0.1, -0.05) is 23.8 Å². The Morgan fingerprint density at radius 1 is 1.03 bits per heavy atom. The van der Waals surface area contributed by atoms with Crippen LogP contribution in [-0.4, -0.2) is 50.8 Å². The summed E-state index contributed by atoms with van der Waals surface area (Å²) in [6, 6.07) is 12.5. The summed E-state index contributed by atoms with van der Waals surface area (Å²) in [6.07, 6.45) is 3.73. The molecule has 206 valence electrons. The molecule has 3 aromatic rings. The van der Waals surface area contributed by atoms with Gasteiger partial charge in [0.2, 0.25) is 5.91 Å². The van der Waals surface area contributed by atoms with E-state index in [1.54, 1.807) is 10.7 Å². The van der Waals surface area contributed by atoms with Gasteiger partial charge in [-0.3, -0.25) is 19.2 Å². The van der Waals surface area contributed by atoms with Crippen molar-refractivity contribution in [3.05, 3.63) is 54.2 Å². The maximum Gasteiger partial charge on any atom is 0.410 e. The molecule has 0 bridgehead atoms. The topological polar surface area (TPSA) is 103 Å². The molecule has 4 rings (SSSR count). The van der Waals surface area contributed by atoms with E-state index in [1.807, 2.05) is 77.3 Å². The zero-order chi connectivity index (χ0) is 28.3. The molecule has 2 aromatic carbocycles. The van der Waals surface area contributed by atoms with Gasteiger partial charge in [0.05, 0.1) is 0 Å². The predicted octanol–water partition coefficient (Wildman–Crippen LogP) is 5.72. The van der Waals surface area contributed by atoms with Crippen LogP contribution in [0.3, 0.4) is 0 Å². The van der Waals surface area contributed by atoms with Crippen molar-refractivity contribution in [3.8, 4) is 28.1 Å². The number of aryl methyl sites for hydroxylation is 2. The Labute approximate surface area is 229 Å². The molecule has 1 atom stereocenters. The number of nitrogens with zero attached hydrogens (tertiary/aromatic N) is 3. The molecule has 1 aromatic heterocycles. The average Bonchev–Trinajstić information content (AvgIpc) is 3.25. The first-order chi connectivity index (χ1) is 18.4. The van der Waals surface area contributed by atoms with Crippen molar-refractivity contribution in [2.75, 3.05) is 11.9 Å². The number of carbonyl (C=O) groups is 3. The number of hydrogen-bond donors (Lipinski definition) is 1. The molecule has 1 fully saturated rings. The maximum absolute atomic E-state index is 13.2. The summed E-state index contributed by atoms with van der Waals surface area (Å²) in [5.41, 5.74) is 4.16. The number of benzene rings is 2. The first kappa shape index (κ1) is 27.9. The Bertz CT molecular complexity index is 1370. The van der Waals surface area contributed by atoms with E-state index in [2.05, 4.69) is 10.4 Å². The van der Waals surface area contributed by atoms with Gasteiger partial charge >= 0.3 is 12.1 Å². The van der Waals surface area contributed by atoms with E-state index >= 15 is 0 Å². The quantitative estimate of drug-likeness (QED) is 0.333. The molecule has 1 aliphatic rings. The first-order valence-corrected chi connectivity index (χ1v) is 13.2. The Balaban J connectivity index is 1.55. The summed E-state index contributed by atoms with van der Waals surface area (Å²) in [5, 5.41) is 7.62. The normalized spacial score (nSPS) is 15.5. The molecule has 0 spiro atoms. The van der Waals surface area contributed by atoms with Gasteiger partial charge in [0.1, 0.15) is 23.1 Å². The Morgan fingerprint density at radius 2 is 1.74 bits per heavy atom. The van der Waals surface area contributed by atoms with E-state index in [0.717, 1.165) is 35.1 Å². The van der Waals surface area contributed by atoms with Crippen LogP contribution in [0.5, 0.6) is 5.75 Å². The van der Waals surface area contributed by atoms with Gasteiger partial charge in [-0.2, -0.15) is 5.10 Å². The lowest BCUT2D eigenvalue weighted by Crippen LogP contribution is -2.51. The number of hydrogen-bond acceptors (Lipinski definition) is 6.